The van der Waals surface area contributed by atoms with Crippen LogP contribution in [0, 0.1) is 13.8 Å². The van der Waals surface area contributed by atoms with Crippen LogP contribution in [-0.2, 0) is 11.1 Å². The number of aryl methyl sites for hydroxylation is 2. The number of likely N-dealkylation sites (N-methyl/N-ethyl adjacent to an activating group) is 1. The number of piperazine rings is 1. The summed E-state index contributed by atoms with van der Waals surface area (Å²) in [5.41, 5.74) is 6.92. The summed E-state index contributed by atoms with van der Waals surface area (Å²) in [7, 11) is 1.33. The summed E-state index contributed by atoms with van der Waals surface area (Å²) in [5, 5.41) is 12.3. The standard InChI is InChI=1S/C36H49BrN9O2P/c1-8-46-23-26(21-39-46)28-19-31(33(48-5)20-32(28)45-13-11-27(12-14-45)44-17-15-43(4)16-18-44)41-36-38-22-29(37)35(42-36)40-30-10-9-24(2)25(3)34(30)49(6,7)47/h9-10,19-23,27H,8,11-18H2,1-7H3,(H2,38,40,41,42). The Kier molecular flexibility index (Phi) is 10.7. The quantitative estimate of drug-likeness (QED) is 0.170. The molecule has 2 aliphatic heterocycles. The van der Waals surface area contributed by atoms with Gasteiger partial charge < -0.3 is 29.7 Å². The minimum Gasteiger partial charge on any atom is -0.494 e. The van der Waals surface area contributed by atoms with Gasteiger partial charge in [-0.15, -0.1) is 0 Å². The van der Waals surface area contributed by atoms with Crippen molar-refractivity contribution in [2.45, 2.75) is 46.2 Å². The summed E-state index contributed by atoms with van der Waals surface area (Å²) in [5.74, 6) is 1.68. The number of benzene rings is 2. The SMILES string of the molecule is CCn1cc(-c2cc(Nc3ncc(Br)c(Nc4ccc(C)c(C)c4P(C)(C)=O)n3)c(OC)cc2N2CCC(N3CCN(C)CC3)CC2)cn1. The van der Waals surface area contributed by atoms with Crippen LogP contribution in [0.2, 0.25) is 0 Å². The second-order valence-corrected chi connectivity index (χ2v) is 17.6. The van der Waals surface area contributed by atoms with E-state index in [0.717, 1.165) is 103 Å². The van der Waals surface area contributed by atoms with E-state index >= 15 is 0 Å². The van der Waals surface area contributed by atoms with E-state index in [4.69, 9.17) is 9.72 Å². The first-order chi connectivity index (χ1) is 23.4. The van der Waals surface area contributed by atoms with E-state index in [0.29, 0.717) is 28.0 Å². The van der Waals surface area contributed by atoms with Crippen LogP contribution in [0.5, 0.6) is 5.75 Å². The number of hydrogen-bond acceptors (Lipinski definition) is 10. The fourth-order valence-corrected chi connectivity index (χ4v) is 9.01. The Hall–Kier alpha value is -3.44. The van der Waals surface area contributed by atoms with Crippen LogP contribution in [0.15, 0.2) is 47.3 Å². The molecule has 4 heterocycles. The van der Waals surface area contributed by atoms with Crippen molar-refractivity contribution in [3.8, 4) is 16.9 Å². The normalized spacial score (nSPS) is 16.6. The number of halogens is 1. The topological polar surface area (TPSA) is 104 Å². The average molecular weight is 751 g/mol. The van der Waals surface area contributed by atoms with Crippen molar-refractivity contribution in [3.63, 3.8) is 0 Å². The second-order valence-electron chi connectivity index (χ2n) is 13.6. The van der Waals surface area contributed by atoms with Gasteiger partial charge in [0.1, 0.15) is 18.7 Å². The number of hydrogen-bond donors (Lipinski definition) is 2. The number of rotatable bonds is 10. The van der Waals surface area contributed by atoms with Crippen molar-refractivity contribution < 1.29 is 9.30 Å². The third-order valence-corrected chi connectivity index (χ3v) is 12.2. The largest absolute Gasteiger partial charge is 0.494 e. The molecule has 2 fully saturated rings. The molecule has 0 amide bonds. The number of nitrogens with one attached hydrogen (secondary N) is 2. The van der Waals surface area contributed by atoms with Crippen molar-refractivity contribution in [1.82, 2.24) is 29.5 Å². The predicted octanol–water partition coefficient (Wildman–Crippen LogP) is 6.70. The lowest BCUT2D eigenvalue weighted by molar-refractivity contribution is 0.0982. The molecule has 4 aromatic rings. The van der Waals surface area contributed by atoms with Gasteiger partial charge in [0.05, 0.1) is 29.2 Å². The van der Waals surface area contributed by atoms with E-state index in [1.54, 1.807) is 26.6 Å². The van der Waals surface area contributed by atoms with Crippen LogP contribution in [0.3, 0.4) is 0 Å². The van der Waals surface area contributed by atoms with Gasteiger partial charge in [-0.3, -0.25) is 9.58 Å². The van der Waals surface area contributed by atoms with Crippen molar-refractivity contribution in [3.05, 3.63) is 58.5 Å². The molecule has 0 saturated carbocycles. The van der Waals surface area contributed by atoms with Crippen LogP contribution < -0.4 is 25.6 Å². The zero-order chi connectivity index (χ0) is 34.9. The van der Waals surface area contributed by atoms with E-state index < -0.39 is 7.14 Å². The number of anilines is 5. The van der Waals surface area contributed by atoms with Gasteiger partial charge in [-0.1, -0.05) is 6.07 Å². The lowest BCUT2D eigenvalue weighted by atomic mass is 9.98. The minimum absolute atomic E-state index is 0.404. The van der Waals surface area contributed by atoms with Crippen LogP contribution >= 0.6 is 23.1 Å². The van der Waals surface area contributed by atoms with Gasteiger partial charge in [0.15, 0.2) is 0 Å². The smallest absolute Gasteiger partial charge is 0.229 e. The first-order valence-electron chi connectivity index (χ1n) is 17.1. The monoisotopic (exact) mass is 749 g/mol. The Morgan fingerprint density at radius 3 is 2.39 bits per heavy atom. The number of piperidine rings is 1. The maximum absolute atomic E-state index is 13.4. The van der Waals surface area contributed by atoms with Gasteiger partial charge in [-0.25, -0.2) is 4.98 Å². The number of methoxy groups -OCH3 is 1. The molecule has 6 rings (SSSR count). The minimum atomic E-state index is -2.58. The number of ether oxygens (including phenoxy) is 1. The van der Waals surface area contributed by atoms with Crippen LogP contribution in [0.25, 0.3) is 11.1 Å². The van der Waals surface area contributed by atoms with Gasteiger partial charge >= 0.3 is 0 Å². The second kappa shape index (κ2) is 14.8. The molecule has 0 bridgehead atoms. The summed E-state index contributed by atoms with van der Waals surface area (Å²) in [6.07, 6.45) is 8.03. The average Bonchev–Trinajstić information content (AvgIpc) is 3.57. The third-order valence-electron chi connectivity index (χ3n) is 9.93. The van der Waals surface area contributed by atoms with E-state index in [1.165, 1.54) is 0 Å². The molecule has 2 aromatic carbocycles. The Labute approximate surface area is 298 Å². The lowest BCUT2D eigenvalue weighted by Crippen LogP contribution is -2.52. The Morgan fingerprint density at radius 1 is 1.00 bits per heavy atom. The number of nitrogens with zero attached hydrogens (tertiary/aromatic N) is 7. The molecule has 0 unspecified atom stereocenters. The molecule has 0 spiro atoms. The van der Waals surface area contributed by atoms with Gasteiger partial charge in [-0.05, 0) is 93.2 Å². The van der Waals surface area contributed by atoms with E-state index in [1.807, 2.05) is 36.9 Å². The van der Waals surface area contributed by atoms with Crippen molar-refractivity contribution in [2.75, 3.05) is 82.3 Å². The molecule has 2 N–H and O–H groups in total. The summed E-state index contributed by atoms with van der Waals surface area (Å²) in [6.45, 7) is 17.1. The van der Waals surface area contributed by atoms with Gasteiger partial charge in [-0.2, -0.15) is 10.1 Å². The highest BCUT2D eigenvalue weighted by atomic mass is 79.9. The zero-order valence-corrected chi connectivity index (χ0v) is 32.2. The highest BCUT2D eigenvalue weighted by Crippen LogP contribution is 2.43. The Morgan fingerprint density at radius 2 is 1.73 bits per heavy atom. The maximum atomic E-state index is 13.4. The lowest BCUT2D eigenvalue weighted by Gasteiger charge is -2.43. The fraction of sp³-hybridized carbons (Fsp3) is 0.472. The maximum Gasteiger partial charge on any atom is 0.229 e. The molecule has 2 aromatic heterocycles. The highest BCUT2D eigenvalue weighted by Gasteiger charge is 2.29. The van der Waals surface area contributed by atoms with E-state index in [9.17, 15) is 4.57 Å². The predicted molar refractivity (Wildman–Crippen MR) is 205 cm³/mol. The van der Waals surface area contributed by atoms with Gasteiger partial charge in [0.25, 0.3) is 0 Å². The van der Waals surface area contributed by atoms with Crippen LogP contribution in [0.4, 0.5) is 28.8 Å². The van der Waals surface area contributed by atoms with Crippen LogP contribution in [-0.4, -0.2) is 102 Å². The Bertz CT molecular complexity index is 1840. The summed E-state index contributed by atoms with van der Waals surface area (Å²) < 4.78 is 22.0. The summed E-state index contributed by atoms with van der Waals surface area (Å²) >= 11 is 3.62. The Balaban J connectivity index is 1.30. The van der Waals surface area contributed by atoms with Gasteiger partial charge in [0, 0.05) is 92.4 Å². The molecule has 0 aliphatic carbocycles. The van der Waals surface area contributed by atoms with E-state index in [2.05, 4.69) is 83.6 Å². The van der Waals surface area contributed by atoms with E-state index in [-0.39, 0.29) is 0 Å². The van der Waals surface area contributed by atoms with Crippen LogP contribution in [0.1, 0.15) is 30.9 Å². The molecular formula is C36H49BrN9O2P. The molecule has 2 aliphatic rings. The van der Waals surface area contributed by atoms with Crippen molar-refractivity contribution >= 4 is 57.2 Å². The van der Waals surface area contributed by atoms with Crippen molar-refractivity contribution in [1.29, 1.82) is 0 Å². The van der Waals surface area contributed by atoms with Crippen molar-refractivity contribution in [2.24, 2.45) is 0 Å². The first-order valence-corrected chi connectivity index (χ1v) is 20.5. The highest BCUT2D eigenvalue weighted by molar-refractivity contribution is 9.10. The fourth-order valence-electron chi connectivity index (χ4n) is 7.02. The summed E-state index contributed by atoms with van der Waals surface area (Å²) in [4.78, 5) is 17.0. The molecule has 49 heavy (non-hydrogen) atoms. The first kappa shape index (κ1) is 35.4. The molecule has 11 nitrogen and oxygen atoms in total. The molecular weight excluding hydrogens is 701 g/mol. The molecule has 0 radical (unpaired) electrons. The zero-order valence-electron chi connectivity index (χ0n) is 29.8. The molecule has 2 saturated heterocycles. The third kappa shape index (κ3) is 7.83. The molecule has 262 valence electrons. The molecule has 0 atom stereocenters. The molecule has 13 heteroatoms. The summed E-state index contributed by atoms with van der Waals surface area (Å²) in [6, 6.07) is 8.89. The number of aromatic nitrogens is 4. The van der Waals surface area contributed by atoms with Gasteiger partial charge in [0.2, 0.25) is 5.95 Å².